The molecule has 1 unspecified atom stereocenters. The predicted molar refractivity (Wildman–Crippen MR) is 78.1 cm³/mol. The molecule has 0 radical (unpaired) electrons. The third-order valence-corrected chi connectivity index (χ3v) is 3.16. The second-order valence-corrected chi connectivity index (χ2v) is 4.58. The van der Waals surface area contributed by atoms with Crippen molar-refractivity contribution in [3.63, 3.8) is 0 Å². The van der Waals surface area contributed by atoms with Crippen LogP contribution in [0.4, 0.5) is 0 Å². The monoisotopic (exact) mass is 282 g/mol. The molecule has 0 aromatic rings. The van der Waals surface area contributed by atoms with Crippen LogP contribution in [-0.4, -0.2) is 25.2 Å². The van der Waals surface area contributed by atoms with E-state index in [1.807, 2.05) is 6.92 Å². The Kier molecular flexibility index (Phi) is 9.48. The number of hydrogen-bond acceptors (Lipinski definition) is 4. The van der Waals surface area contributed by atoms with E-state index in [1.54, 1.807) is 13.8 Å². The Morgan fingerprint density at radius 3 is 1.95 bits per heavy atom. The molecular weight excluding hydrogens is 256 g/mol. The molecule has 0 N–H and O–H groups in total. The highest BCUT2D eigenvalue weighted by molar-refractivity contribution is 5.95. The number of carbonyl (C=O) groups is 2. The van der Waals surface area contributed by atoms with Gasteiger partial charge in [0.1, 0.15) is 0 Å². The van der Waals surface area contributed by atoms with Gasteiger partial charge in [0.25, 0.3) is 0 Å². The molecule has 0 bridgehead atoms. The van der Waals surface area contributed by atoms with Crippen LogP contribution < -0.4 is 0 Å². The third-order valence-electron chi connectivity index (χ3n) is 3.16. The van der Waals surface area contributed by atoms with Crippen molar-refractivity contribution in [1.82, 2.24) is 0 Å². The van der Waals surface area contributed by atoms with Gasteiger partial charge in [0, 0.05) is 5.92 Å². The zero-order chi connectivity index (χ0) is 15.5. The zero-order valence-corrected chi connectivity index (χ0v) is 13.0. The molecule has 0 amide bonds. The van der Waals surface area contributed by atoms with Gasteiger partial charge in [-0.1, -0.05) is 26.8 Å². The summed E-state index contributed by atoms with van der Waals surface area (Å²) >= 11 is 0. The molecule has 0 heterocycles. The van der Waals surface area contributed by atoms with Gasteiger partial charge < -0.3 is 9.47 Å². The molecule has 0 saturated heterocycles. The first-order chi connectivity index (χ1) is 9.53. The van der Waals surface area contributed by atoms with Crippen molar-refractivity contribution < 1.29 is 19.1 Å². The average Bonchev–Trinajstić information content (AvgIpc) is 2.40. The van der Waals surface area contributed by atoms with E-state index in [9.17, 15) is 9.59 Å². The van der Waals surface area contributed by atoms with Crippen LogP contribution in [0.25, 0.3) is 0 Å². The molecule has 20 heavy (non-hydrogen) atoms. The lowest BCUT2D eigenvalue weighted by Crippen LogP contribution is -2.34. The number of allylic oxidation sites excluding steroid dienone is 1. The molecule has 4 heteroatoms. The van der Waals surface area contributed by atoms with Crippen LogP contribution in [0.15, 0.2) is 17.9 Å². The molecule has 0 aliphatic carbocycles. The van der Waals surface area contributed by atoms with Crippen LogP contribution in [0.5, 0.6) is 0 Å². The van der Waals surface area contributed by atoms with Crippen LogP contribution in [0.1, 0.15) is 47.0 Å². The molecule has 1 atom stereocenters. The standard InChI is InChI=1S/C16H26O4/c1-6-10-11-13(7-2)12(5)14(15(17)19-8-3)16(18)20-9-4/h12,14H,2,6,8-11H2,1,3-5H3. The second-order valence-electron chi connectivity index (χ2n) is 4.58. The maximum atomic E-state index is 12.0. The van der Waals surface area contributed by atoms with Crippen LogP contribution in [0, 0.1) is 11.8 Å². The summed E-state index contributed by atoms with van der Waals surface area (Å²) in [6.07, 6.45) is 2.78. The summed E-state index contributed by atoms with van der Waals surface area (Å²) in [5.41, 5.74) is 3.74. The van der Waals surface area contributed by atoms with Crippen molar-refractivity contribution in [1.29, 1.82) is 0 Å². The first-order valence-corrected chi connectivity index (χ1v) is 7.25. The van der Waals surface area contributed by atoms with Crippen LogP contribution in [-0.2, 0) is 19.1 Å². The number of ether oxygens (including phenoxy) is 2. The average molecular weight is 282 g/mol. The van der Waals surface area contributed by atoms with Crippen molar-refractivity contribution in [2.75, 3.05) is 13.2 Å². The molecule has 0 aromatic carbocycles. The van der Waals surface area contributed by atoms with E-state index in [0.717, 1.165) is 24.8 Å². The van der Waals surface area contributed by atoms with Gasteiger partial charge in [-0.25, -0.2) is 0 Å². The fourth-order valence-corrected chi connectivity index (χ4v) is 2.01. The van der Waals surface area contributed by atoms with Gasteiger partial charge in [-0.3, -0.25) is 9.59 Å². The van der Waals surface area contributed by atoms with Crippen molar-refractivity contribution in [2.24, 2.45) is 11.8 Å². The van der Waals surface area contributed by atoms with Gasteiger partial charge in [0.15, 0.2) is 5.92 Å². The van der Waals surface area contributed by atoms with Crippen molar-refractivity contribution >= 4 is 11.9 Å². The maximum absolute atomic E-state index is 12.0. The summed E-state index contributed by atoms with van der Waals surface area (Å²) in [6.45, 7) is 11.5. The lowest BCUT2D eigenvalue weighted by molar-refractivity contribution is -0.163. The van der Waals surface area contributed by atoms with Gasteiger partial charge in [0.05, 0.1) is 13.2 Å². The highest BCUT2D eigenvalue weighted by atomic mass is 16.6. The summed E-state index contributed by atoms with van der Waals surface area (Å²) in [5.74, 6) is -2.32. The van der Waals surface area contributed by atoms with Crippen LogP contribution in [0.3, 0.4) is 0 Å². The van der Waals surface area contributed by atoms with Crippen molar-refractivity contribution in [3.8, 4) is 0 Å². The quantitative estimate of drug-likeness (QED) is 0.370. The molecule has 0 aliphatic rings. The Bertz CT molecular complexity index is 349. The first-order valence-electron chi connectivity index (χ1n) is 7.25. The maximum Gasteiger partial charge on any atom is 0.320 e. The molecule has 114 valence electrons. The minimum atomic E-state index is -0.934. The van der Waals surface area contributed by atoms with Crippen molar-refractivity contribution in [2.45, 2.75) is 47.0 Å². The second kappa shape index (κ2) is 10.3. The van der Waals surface area contributed by atoms with Gasteiger partial charge in [-0.05, 0) is 32.3 Å². The van der Waals surface area contributed by atoms with E-state index >= 15 is 0 Å². The Morgan fingerprint density at radius 1 is 1.10 bits per heavy atom. The summed E-state index contributed by atoms with van der Waals surface area (Å²) in [4.78, 5) is 24.0. The van der Waals surface area contributed by atoms with E-state index < -0.39 is 17.9 Å². The lowest BCUT2D eigenvalue weighted by atomic mass is 9.85. The minimum Gasteiger partial charge on any atom is -0.465 e. The Hall–Kier alpha value is -1.54. The van der Waals surface area contributed by atoms with Gasteiger partial charge in [0.2, 0.25) is 0 Å². The van der Waals surface area contributed by atoms with Gasteiger partial charge >= 0.3 is 11.9 Å². The smallest absolute Gasteiger partial charge is 0.320 e. The molecule has 0 aliphatic heterocycles. The highest BCUT2D eigenvalue weighted by Gasteiger charge is 2.36. The van der Waals surface area contributed by atoms with Gasteiger partial charge in [-0.15, -0.1) is 5.73 Å². The Labute approximate surface area is 121 Å². The van der Waals surface area contributed by atoms with E-state index in [2.05, 4.69) is 19.2 Å². The summed E-state index contributed by atoms with van der Waals surface area (Å²) in [6, 6.07) is 0. The topological polar surface area (TPSA) is 52.6 Å². The molecule has 4 nitrogen and oxygen atoms in total. The predicted octanol–water partition coefficient (Wildman–Crippen LogP) is 3.27. The highest BCUT2D eigenvalue weighted by Crippen LogP contribution is 2.26. The normalized spacial score (nSPS) is 11.7. The first kappa shape index (κ1) is 18.5. The van der Waals surface area contributed by atoms with Crippen LogP contribution in [0.2, 0.25) is 0 Å². The van der Waals surface area contributed by atoms with Gasteiger partial charge in [-0.2, -0.15) is 0 Å². The number of hydrogen-bond donors (Lipinski definition) is 0. The molecule has 0 spiro atoms. The third kappa shape index (κ3) is 5.62. The molecule has 0 fully saturated rings. The molecular formula is C16H26O4. The van der Waals surface area contributed by atoms with Crippen LogP contribution >= 0.6 is 0 Å². The van der Waals surface area contributed by atoms with Crippen molar-refractivity contribution in [3.05, 3.63) is 17.9 Å². The SMILES string of the molecule is C=C=C(CCCC)C(C)C(C(=O)OCC)C(=O)OCC. The summed E-state index contributed by atoms with van der Waals surface area (Å²) in [7, 11) is 0. The fourth-order valence-electron chi connectivity index (χ4n) is 2.01. The number of esters is 2. The molecule has 0 saturated carbocycles. The van der Waals surface area contributed by atoms with E-state index in [0.29, 0.717) is 0 Å². The largest absolute Gasteiger partial charge is 0.465 e. The zero-order valence-electron chi connectivity index (χ0n) is 13.0. The fraction of sp³-hybridized carbons (Fsp3) is 0.688. The number of carbonyl (C=O) groups excluding carboxylic acids is 2. The Morgan fingerprint density at radius 2 is 1.60 bits per heavy atom. The summed E-state index contributed by atoms with van der Waals surface area (Å²) in [5, 5.41) is 0. The minimum absolute atomic E-state index is 0.240. The number of unbranched alkanes of at least 4 members (excludes halogenated alkanes) is 1. The molecule has 0 aromatic heterocycles. The van der Waals surface area contributed by atoms with E-state index in [1.165, 1.54) is 0 Å². The Balaban J connectivity index is 5.13. The van der Waals surface area contributed by atoms with E-state index in [-0.39, 0.29) is 19.1 Å². The lowest BCUT2D eigenvalue weighted by Gasteiger charge is -2.22. The van der Waals surface area contributed by atoms with E-state index in [4.69, 9.17) is 9.47 Å². The molecule has 0 rings (SSSR count). The summed E-state index contributed by atoms with van der Waals surface area (Å²) < 4.78 is 9.98. The number of rotatable bonds is 9.